The number of carbonyl (C=O) groups excluding carboxylic acids is 3. The van der Waals surface area contributed by atoms with Gasteiger partial charge in [-0.1, -0.05) is 301 Å². The van der Waals surface area contributed by atoms with Gasteiger partial charge in [0.1, 0.15) is 13.2 Å². The number of carbonyl (C=O) groups is 3. The Morgan fingerprint density at radius 1 is 0.296 bits per heavy atom. The third-order valence-corrected chi connectivity index (χ3v) is 13.8. The van der Waals surface area contributed by atoms with Crippen LogP contribution in [0.3, 0.4) is 0 Å². The molecule has 0 fully saturated rings. The Balaban J connectivity index is 3.99. The summed E-state index contributed by atoms with van der Waals surface area (Å²) >= 11 is 0. The van der Waals surface area contributed by atoms with Crippen LogP contribution in [-0.2, 0) is 28.6 Å². The van der Waals surface area contributed by atoms with Crippen molar-refractivity contribution in [3.05, 3.63) is 48.6 Å². The molecule has 0 radical (unpaired) electrons. The lowest BCUT2D eigenvalue weighted by molar-refractivity contribution is -0.167. The summed E-state index contributed by atoms with van der Waals surface area (Å²) in [7, 11) is 0. The van der Waals surface area contributed by atoms with Crippen LogP contribution in [0.1, 0.15) is 329 Å². The van der Waals surface area contributed by atoms with Crippen molar-refractivity contribution in [1.29, 1.82) is 0 Å². The number of esters is 3. The Hall–Kier alpha value is -2.63. The summed E-state index contributed by atoms with van der Waals surface area (Å²) in [6.45, 7) is 6.53. The molecule has 1 unspecified atom stereocenters. The smallest absolute Gasteiger partial charge is 0.306 e. The maximum absolute atomic E-state index is 12.8. The maximum atomic E-state index is 12.8. The van der Waals surface area contributed by atoms with Gasteiger partial charge in [-0.05, 0) is 57.8 Å². The molecule has 0 aromatic heterocycles. The van der Waals surface area contributed by atoms with Crippen LogP contribution in [0.2, 0.25) is 0 Å². The van der Waals surface area contributed by atoms with E-state index in [0.717, 1.165) is 83.5 Å². The molecule has 6 nitrogen and oxygen atoms in total. The predicted molar refractivity (Wildman–Crippen MR) is 307 cm³/mol. The predicted octanol–water partition coefficient (Wildman–Crippen LogP) is 21.0. The van der Waals surface area contributed by atoms with Gasteiger partial charge in [0, 0.05) is 19.3 Å². The summed E-state index contributed by atoms with van der Waals surface area (Å²) in [4.78, 5) is 38.0. The fourth-order valence-corrected chi connectivity index (χ4v) is 9.20. The molecule has 0 rings (SSSR count). The first-order valence-corrected chi connectivity index (χ1v) is 31.1. The third-order valence-electron chi connectivity index (χ3n) is 13.8. The highest BCUT2D eigenvalue weighted by molar-refractivity contribution is 5.71. The molecule has 0 aromatic carbocycles. The Morgan fingerprint density at radius 2 is 0.549 bits per heavy atom. The van der Waals surface area contributed by atoms with E-state index in [1.54, 1.807) is 0 Å². The molecule has 0 N–H and O–H groups in total. The average Bonchev–Trinajstić information content (AvgIpc) is 3.37. The Kier molecular flexibility index (Phi) is 57.7. The van der Waals surface area contributed by atoms with Crippen molar-refractivity contribution in [3.8, 4) is 0 Å². The third kappa shape index (κ3) is 58.1. The van der Waals surface area contributed by atoms with E-state index in [-0.39, 0.29) is 31.1 Å². The minimum Gasteiger partial charge on any atom is -0.462 e. The van der Waals surface area contributed by atoms with Crippen LogP contribution in [0, 0.1) is 0 Å². The second-order valence-electron chi connectivity index (χ2n) is 21.0. The summed E-state index contributed by atoms with van der Waals surface area (Å²) in [5.74, 6) is -0.853. The fraction of sp³-hybridized carbons (Fsp3) is 0.831. The van der Waals surface area contributed by atoms with E-state index < -0.39 is 6.10 Å². The second-order valence-corrected chi connectivity index (χ2v) is 21.0. The second kappa shape index (κ2) is 59.9. The summed E-state index contributed by atoms with van der Waals surface area (Å²) < 4.78 is 16.8. The van der Waals surface area contributed by atoms with Crippen molar-refractivity contribution in [1.82, 2.24) is 0 Å². The van der Waals surface area contributed by atoms with Crippen molar-refractivity contribution in [2.24, 2.45) is 0 Å². The van der Waals surface area contributed by atoms with E-state index in [4.69, 9.17) is 14.2 Å². The van der Waals surface area contributed by atoms with Gasteiger partial charge < -0.3 is 14.2 Å². The minimum atomic E-state index is -0.765. The highest BCUT2D eigenvalue weighted by Gasteiger charge is 2.19. The molecule has 0 aliphatic heterocycles. The molecule has 71 heavy (non-hydrogen) atoms. The molecule has 0 spiro atoms. The molecule has 0 saturated carbocycles. The first-order valence-electron chi connectivity index (χ1n) is 31.1. The van der Waals surface area contributed by atoms with Crippen LogP contribution < -0.4 is 0 Å². The first kappa shape index (κ1) is 68.4. The van der Waals surface area contributed by atoms with Crippen LogP contribution in [-0.4, -0.2) is 37.2 Å². The minimum absolute atomic E-state index is 0.0667. The van der Waals surface area contributed by atoms with Gasteiger partial charge in [-0.15, -0.1) is 0 Å². The molecule has 0 saturated heterocycles. The largest absolute Gasteiger partial charge is 0.462 e. The Morgan fingerprint density at radius 3 is 0.859 bits per heavy atom. The van der Waals surface area contributed by atoms with E-state index >= 15 is 0 Å². The number of allylic oxidation sites excluding steroid dienone is 8. The topological polar surface area (TPSA) is 78.9 Å². The lowest BCUT2D eigenvalue weighted by Gasteiger charge is -2.18. The average molecular weight is 996 g/mol. The highest BCUT2D eigenvalue weighted by atomic mass is 16.6. The van der Waals surface area contributed by atoms with Crippen molar-refractivity contribution < 1.29 is 28.6 Å². The quantitative estimate of drug-likeness (QED) is 0.0261. The molecule has 6 heteroatoms. The van der Waals surface area contributed by atoms with Crippen molar-refractivity contribution in [2.75, 3.05) is 13.2 Å². The first-order chi connectivity index (χ1) is 35.0. The van der Waals surface area contributed by atoms with E-state index in [0.29, 0.717) is 19.3 Å². The SMILES string of the molecule is CC/C=C\C/C=C\C/C=C\C/C=C\CCCCCCCCCCCCCCCCCCCCC(=O)OCC(COC(=O)CCCCCCCCC)OC(=O)CCCCCCCCCCCCCCCCC. The zero-order valence-electron chi connectivity index (χ0n) is 47.5. The summed E-state index contributed by atoms with van der Waals surface area (Å²) in [6.07, 6.45) is 74.4. The van der Waals surface area contributed by atoms with Gasteiger partial charge in [0.05, 0.1) is 0 Å². The van der Waals surface area contributed by atoms with E-state index in [1.165, 1.54) is 205 Å². The summed E-state index contributed by atoms with van der Waals surface area (Å²) in [5.41, 5.74) is 0. The van der Waals surface area contributed by atoms with Gasteiger partial charge in [0.2, 0.25) is 0 Å². The standard InChI is InChI=1S/C65H118O6/c1-4-7-10-13-16-18-20-22-24-25-26-27-28-29-30-31-32-33-34-35-36-37-38-39-41-42-44-46-49-52-55-58-64(67)70-61-62(60-69-63(66)57-54-51-48-15-12-9-6-3)71-65(68)59-56-53-50-47-45-43-40-23-21-19-17-14-11-8-5-2/h7,10,16,18,22,24,26-27,62H,4-6,8-9,11-15,17,19-21,23,25,28-61H2,1-3H3/b10-7-,18-16-,24-22-,27-26-. The molecule has 0 heterocycles. The molecular formula is C65H118O6. The van der Waals surface area contributed by atoms with E-state index in [9.17, 15) is 14.4 Å². The monoisotopic (exact) mass is 995 g/mol. The molecule has 0 amide bonds. The van der Waals surface area contributed by atoms with Gasteiger partial charge in [0.25, 0.3) is 0 Å². The lowest BCUT2D eigenvalue weighted by atomic mass is 10.0. The maximum Gasteiger partial charge on any atom is 0.306 e. The molecule has 0 bridgehead atoms. The number of ether oxygens (including phenoxy) is 3. The van der Waals surface area contributed by atoms with E-state index in [2.05, 4.69) is 69.4 Å². The van der Waals surface area contributed by atoms with Crippen LogP contribution in [0.4, 0.5) is 0 Å². The van der Waals surface area contributed by atoms with Crippen molar-refractivity contribution in [2.45, 2.75) is 335 Å². The van der Waals surface area contributed by atoms with Crippen LogP contribution >= 0.6 is 0 Å². The number of hydrogen-bond donors (Lipinski definition) is 0. The van der Waals surface area contributed by atoms with Gasteiger partial charge in [-0.3, -0.25) is 14.4 Å². The fourth-order valence-electron chi connectivity index (χ4n) is 9.20. The summed E-state index contributed by atoms with van der Waals surface area (Å²) in [6, 6.07) is 0. The molecule has 414 valence electrons. The molecule has 0 aromatic rings. The molecule has 0 aliphatic carbocycles. The molecule has 1 atom stereocenters. The van der Waals surface area contributed by atoms with Crippen molar-refractivity contribution >= 4 is 17.9 Å². The lowest BCUT2D eigenvalue weighted by Crippen LogP contribution is -2.30. The Bertz CT molecular complexity index is 1230. The zero-order chi connectivity index (χ0) is 51.4. The summed E-state index contributed by atoms with van der Waals surface area (Å²) in [5, 5.41) is 0. The van der Waals surface area contributed by atoms with Gasteiger partial charge in [-0.2, -0.15) is 0 Å². The van der Waals surface area contributed by atoms with E-state index in [1.807, 2.05) is 0 Å². The Labute approximate surface area is 441 Å². The zero-order valence-corrected chi connectivity index (χ0v) is 47.5. The van der Waals surface area contributed by atoms with Gasteiger partial charge in [0.15, 0.2) is 6.10 Å². The van der Waals surface area contributed by atoms with Gasteiger partial charge >= 0.3 is 17.9 Å². The van der Waals surface area contributed by atoms with Crippen molar-refractivity contribution in [3.63, 3.8) is 0 Å². The van der Waals surface area contributed by atoms with Crippen LogP contribution in [0.25, 0.3) is 0 Å². The van der Waals surface area contributed by atoms with Gasteiger partial charge in [-0.25, -0.2) is 0 Å². The van der Waals surface area contributed by atoms with Crippen LogP contribution in [0.15, 0.2) is 48.6 Å². The normalized spacial score (nSPS) is 12.3. The number of rotatable bonds is 57. The number of hydrogen-bond acceptors (Lipinski definition) is 6. The molecule has 0 aliphatic rings. The van der Waals surface area contributed by atoms with Crippen LogP contribution in [0.5, 0.6) is 0 Å². The highest BCUT2D eigenvalue weighted by Crippen LogP contribution is 2.17. The molecular weight excluding hydrogens is 877 g/mol. The number of unbranched alkanes of at least 4 members (excludes halogenated alkanes) is 38.